The van der Waals surface area contributed by atoms with Crippen molar-refractivity contribution in [3.63, 3.8) is 0 Å². The van der Waals surface area contributed by atoms with Crippen molar-refractivity contribution in [3.8, 4) is 5.82 Å². The van der Waals surface area contributed by atoms with Gasteiger partial charge in [-0.05, 0) is 59.3 Å². The molecular weight excluding hydrogens is 379 g/mol. The molecule has 0 spiro atoms. The first-order chi connectivity index (χ1) is 10.1. The van der Waals surface area contributed by atoms with E-state index in [2.05, 4.69) is 56.0 Å². The number of aryl methyl sites for hydroxylation is 1. The van der Waals surface area contributed by atoms with Gasteiger partial charge in [-0.3, -0.25) is 0 Å². The molecule has 0 saturated heterocycles. The lowest BCUT2D eigenvalue weighted by Crippen LogP contribution is -2.04. The number of nitrogens with zero attached hydrogens (tertiary/aromatic N) is 4. The van der Waals surface area contributed by atoms with Gasteiger partial charge in [0.1, 0.15) is 0 Å². The fraction of sp³-hybridized carbons (Fsp3) is 0.0714. The predicted molar refractivity (Wildman–Crippen MR) is 90.7 cm³/mol. The Balaban J connectivity index is 1.91. The van der Waals surface area contributed by atoms with E-state index in [1.54, 1.807) is 6.20 Å². The number of aromatic nitrogens is 4. The Hall–Kier alpha value is -2.16. The number of nitrogens with two attached hydrogens (primary N) is 1. The van der Waals surface area contributed by atoms with Gasteiger partial charge < -0.3 is 11.1 Å². The van der Waals surface area contributed by atoms with Crippen LogP contribution in [0.5, 0.6) is 0 Å². The van der Waals surface area contributed by atoms with Crippen molar-refractivity contribution in [2.45, 2.75) is 6.92 Å². The lowest BCUT2D eigenvalue weighted by Gasteiger charge is -2.05. The van der Waals surface area contributed by atoms with E-state index in [9.17, 15) is 0 Å². The summed E-state index contributed by atoms with van der Waals surface area (Å²) >= 11 is 2.27. The van der Waals surface area contributed by atoms with Gasteiger partial charge in [0.15, 0.2) is 5.82 Å². The summed E-state index contributed by atoms with van der Waals surface area (Å²) in [6, 6.07) is 11.6. The molecule has 0 fully saturated rings. The van der Waals surface area contributed by atoms with Crippen LogP contribution in [0.25, 0.3) is 5.82 Å². The fourth-order valence-electron chi connectivity index (χ4n) is 1.87. The lowest BCUT2D eigenvalue weighted by atomic mass is 10.2. The second kappa shape index (κ2) is 5.68. The molecule has 106 valence electrons. The average Bonchev–Trinajstić information content (AvgIpc) is 2.84. The predicted octanol–water partition coefficient (Wildman–Crippen LogP) is 2.90. The van der Waals surface area contributed by atoms with E-state index in [0.29, 0.717) is 17.7 Å². The van der Waals surface area contributed by atoms with Gasteiger partial charge >= 0.3 is 0 Å². The van der Waals surface area contributed by atoms with E-state index in [0.717, 1.165) is 9.26 Å². The minimum absolute atomic E-state index is 0.290. The topological polar surface area (TPSA) is 81.6 Å². The van der Waals surface area contributed by atoms with E-state index < -0.39 is 0 Å². The molecule has 0 unspecified atom stereocenters. The van der Waals surface area contributed by atoms with Crippen LogP contribution in [0.15, 0.2) is 42.6 Å². The van der Waals surface area contributed by atoms with E-state index in [4.69, 9.17) is 5.73 Å². The number of halogens is 1. The monoisotopic (exact) mass is 392 g/mol. The van der Waals surface area contributed by atoms with Crippen LogP contribution < -0.4 is 11.1 Å². The number of nitrogen functional groups attached to an aromatic ring is 1. The van der Waals surface area contributed by atoms with Gasteiger partial charge in [0.2, 0.25) is 11.9 Å². The van der Waals surface area contributed by atoms with Gasteiger partial charge in [-0.1, -0.05) is 12.1 Å². The number of hydrogen-bond acceptors (Lipinski definition) is 5. The van der Waals surface area contributed by atoms with Gasteiger partial charge in [-0.25, -0.2) is 4.98 Å². The SMILES string of the molecule is Cc1ccc(Nc2nc(N)n(-c3ccccn3)n2)c(I)c1. The molecule has 2 heterocycles. The van der Waals surface area contributed by atoms with Crippen LogP contribution in [0, 0.1) is 10.5 Å². The second-order valence-corrected chi connectivity index (χ2v) is 5.66. The maximum absolute atomic E-state index is 5.90. The maximum atomic E-state index is 5.90. The van der Waals surface area contributed by atoms with Gasteiger partial charge in [0, 0.05) is 9.77 Å². The third-order valence-electron chi connectivity index (χ3n) is 2.87. The molecule has 6 nitrogen and oxygen atoms in total. The summed E-state index contributed by atoms with van der Waals surface area (Å²) in [4.78, 5) is 8.43. The Morgan fingerprint density at radius 2 is 2.10 bits per heavy atom. The zero-order valence-corrected chi connectivity index (χ0v) is 13.4. The minimum Gasteiger partial charge on any atom is -0.368 e. The highest BCUT2D eigenvalue weighted by atomic mass is 127. The van der Waals surface area contributed by atoms with Gasteiger partial charge in [0.25, 0.3) is 0 Å². The van der Waals surface area contributed by atoms with Crippen molar-refractivity contribution in [1.29, 1.82) is 0 Å². The third-order valence-corrected chi connectivity index (χ3v) is 3.76. The molecule has 3 rings (SSSR count). The first-order valence-corrected chi connectivity index (χ1v) is 7.38. The molecule has 0 aliphatic heterocycles. The quantitative estimate of drug-likeness (QED) is 0.670. The van der Waals surface area contributed by atoms with Crippen LogP contribution >= 0.6 is 22.6 Å². The molecule has 3 aromatic rings. The van der Waals surface area contributed by atoms with Crippen LogP contribution in [0.3, 0.4) is 0 Å². The second-order valence-electron chi connectivity index (χ2n) is 4.50. The first-order valence-electron chi connectivity index (χ1n) is 6.30. The standard InChI is InChI=1S/C14H13IN6/c1-9-5-6-11(10(15)8-9)18-14-19-13(16)21(20-14)12-4-2-3-7-17-12/h2-8H,1H3,(H3,16,18,19,20). The van der Waals surface area contributed by atoms with Gasteiger partial charge in [-0.15, -0.1) is 5.10 Å². The number of anilines is 3. The highest BCUT2D eigenvalue weighted by Crippen LogP contribution is 2.23. The van der Waals surface area contributed by atoms with Gasteiger partial charge in [-0.2, -0.15) is 9.67 Å². The molecule has 0 atom stereocenters. The molecule has 2 aromatic heterocycles. The molecule has 0 aliphatic carbocycles. The Morgan fingerprint density at radius 3 is 2.81 bits per heavy atom. The van der Waals surface area contributed by atoms with E-state index in [1.165, 1.54) is 10.2 Å². The number of rotatable bonds is 3. The number of pyridine rings is 1. The van der Waals surface area contributed by atoms with E-state index in [1.807, 2.05) is 30.3 Å². The molecule has 0 bridgehead atoms. The van der Waals surface area contributed by atoms with Crippen LogP contribution in [-0.2, 0) is 0 Å². The Bertz CT molecular complexity index is 768. The normalized spacial score (nSPS) is 10.6. The van der Waals surface area contributed by atoms with Gasteiger partial charge in [0.05, 0.1) is 5.69 Å². The van der Waals surface area contributed by atoms with E-state index >= 15 is 0 Å². The van der Waals surface area contributed by atoms with Crippen molar-refractivity contribution >= 4 is 40.2 Å². The van der Waals surface area contributed by atoms with Crippen molar-refractivity contribution in [3.05, 3.63) is 51.7 Å². The summed E-state index contributed by atoms with van der Waals surface area (Å²) in [5, 5.41) is 7.51. The number of nitrogens with one attached hydrogen (secondary N) is 1. The Kier molecular flexibility index (Phi) is 3.74. The average molecular weight is 392 g/mol. The molecular formula is C14H13IN6. The molecule has 7 heteroatoms. The zero-order valence-electron chi connectivity index (χ0n) is 11.3. The molecule has 0 aliphatic rings. The van der Waals surface area contributed by atoms with Crippen molar-refractivity contribution in [1.82, 2.24) is 19.7 Å². The summed E-state index contributed by atoms with van der Waals surface area (Å²) in [5.41, 5.74) is 8.05. The first kappa shape index (κ1) is 13.8. The molecule has 1 aromatic carbocycles. The van der Waals surface area contributed by atoms with Crippen LogP contribution in [0.1, 0.15) is 5.56 Å². The number of hydrogen-bond donors (Lipinski definition) is 2. The van der Waals surface area contributed by atoms with Crippen molar-refractivity contribution < 1.29 is 0 Å². The largest absolute Gasteiger partial charge is 0.368 e. The van der Waals surface area contributed by atoms with E-state index in [-0.39, 0.29) is 0 Å². The summed E-state index contributed by atoms with van der Waals surface area (Å²) in [7, 11) is 0. The summed E-state index contributed by atoms with van der Waals surface area (Å²) in [6.45, 7) is 2.05. The Labute approximate surface area is 135 Å². The molecule has 3 N–H and O–H groups in total. The van der Waals surface area contributed by atoms with Crippen molar-refractivity contribution in [2.75, 3.05) is 11.1 Å². The van der Waals surface area contributed by atoms with Crippen LogP contribution in [0.4, 0.5) is 17.6 Å². The highest BCUT2D eigenvalue weighted by molar-refractivity contribution is 14.1. The minimum atomic E-state index is 0.290. The smallest absolute Gasteiger partial charge is 0.248 e. The third kappa shape index (κ3) is 2.97. The number of benzene rings is 1. The fourth-order valence-corrected chi connectivity index (χ4v) is 2.67. The maximum Gasteiger partial charge on any atom is 0.248 e. The highest BCUT2D eigenvalue weighted by Gasteiger charge is 2.10. The summed E-state index contributed by atoms with van der Waals surface area (Å²) < 4.78 is 2.60. The molecule has 0 radical (unpaired) electrons. The molecule has 0 amide bonds. The molecule has 0 saturated carbocycles. The summed E-state index contributed by atoms with van der Waals surface area (Å²) in [6.07, 6.45) is 1.69. The van der Waals surface area contributed by atoms with Crippen LogP contribution in [-0.4, -0.2) is 19.7 Å². The molecule has 21 heavy (non-hydrogen) atoms. The zero-order chi connectivity index (χ0) is 14.8. The Morgan fingerprint density at radius 1 is 1.24 bits per heavy atom. The van der Waals surface area contributed by atoms with Crippen LogP contribution in [0.2, 0.25) is 0 Å². The summed E-state index contributed by atoms with van der Waals surface area (Å²) in [5.74, 6) is 1.37. The van der Waals surface area contributed by atoms with Crippen molar-refractivity contribution in [2.24, 2.45) is 0 Å². The lowest BCUT2D eigenvalue weighted by molar-refractivity contribution is 0.859.